The molecule has 1 saturated carbocycles. The standard InChI is InChI=1S/C24H27N3O/c1-17(2)20-7-3-18(4-8-20)15-24(28)25-23-13-14-27(26-23)16-19-5-9-21(10-6-19)22-11-12-22/h3-10,13-14,17,22H,11-12,15-16H2,1-2H3,(H,25,26,28). The van der Waals surface area contributed by atoms with Gasteiger partial charge in [-0.25, -0.2) is 0 Å². The molecule has 1 fully saturated rings. The van der Waals surface area contributed by atoms with E-state index in [2.05, 4.69) is 60.7 Å². The second-order valence-corrected chi connectivity index (χ2v) is 8.04. The Morgan fingerprint density at radius 3 is 2.36 bits per heavy atom. The van der Waals surface area contributed by atoms with Gasteiger partial charge in [-0.3, -0.25) is 9.48 Å². The largest absolute Gasteiger partial charge is 0.309 e. The molecule has 0 spiro atoms. The molecular weight excluding hydrogens is 346 g/mol. The van der Waals surface area contributed by atoms with E-state index >= 15 is 0 Å². The maximum atomic E-state index is 12.3. The van der Waals surface area contributed by atoms with Crippen LogP contribution in [0.4, 0.5) is 5.82 Å². The van der Waals surface area contributed by atoms with Crippen molar-refractivity contribution in [3.8, 4) is 0 Å². The number of carbonyl (C=O) groups is 1. The van der Waals surface area contributed by atoms with Gasteiger partial charge in [-0.15, -0.1) is 0 Å². The van der Waals surface area contributed by atoms with Gasteiger partial charge in [0.05, 0.1) is 13.0 Å². The van der Waals surface area contributed by atoms with Crippen LogP contribution in [-0.4, -0.2) is 15.7 Å². The lowest BCUT2D eigenvalue weighted by Crippen LogP contribution is -2.15. The highest BCUT2D eigenvalue weighted by atomic mass is 16.1. The number of nitrogens with zero attached hydrogens (tertiary/aromatic N) is 2. The number of amides is 1. The highest BCUT2D eigenvalue weighted by Crippen LogP contribution is 2.39. The summed E-state index contributed by atoms with van der Waals surface area (Å²) in [6.45, 7) is 5.04. The molecule has 1 amide bonds. The van der Waals surface area contributed by atoms with Crippen LogP contribution in [0.2, 0.25) is 0 Å². The van der Waals surface area contributed by atoms with Crippen molar-refractivity contribution in [3.63, 3.8) is 0 Å². The van der Waals surface area contributed by atoms with Crippen molar-refractivity contribution in [2.75, 3.05) is 5.32 Å². The molecule has 4 nitrogen and oxygen atoms in total. The fourth-order valence-corrected chi connectivity index (χ4v) is 3.41. The number of rotatable bonds is 7. The first-order valence-electron chi connectivity index (χ1n) is 10.1. The van der Waals surface area contributed by atoms with E-state index < -0.39 is 0 Å². The molecule has 1 aromatic heterocycles. The van der Waals surface area contributed by atoms with Crippen LogP contribution < -0.4 is 5.32 Å². The van der Waals surface area contributed by atoms with Crippen molar-refractivity contribution in [1.29, 1.82) is 0 Å². The Morgan fingerprint density at radius 1 is 1.04 bits per heavy atom. The molecular formula is C24H27N3O. The smallest absolute Gasteiger partial charge is 0.229 e. The molecule has 28 heavy (non-hydrogen) atoms. The minimum absolute atomic E-state index is 0.0451. The molecule has 2 aromatic carbocycles. The number of benzene rings is 2. The minimum atomic E-state index is -0.0451. The van der Waals surface area contributed by atoms with E-state index in [0.717, 1.165) is 11.5 Å². The van der Waals surface area contributed by atoms with Crippen LogP contribution in [-0.2, 0) is 17.8 Å². The molecule has 0 aliphatic heterocycles. The van der Waals surface area contributed by atoms with Crippen molar-refractivity contribution in [3.05, 3.63) is 83.0 Å². The summed E-state index contributed by atoms with van der Waals surface area (Å²) >= 11 is 0. The third-order valence-electron chi connectivity index (χ3n) is 5.29. The zero-order chi connectivity index (χ0) is 19.5. The van der Waals surface area contributed by atoms with Gasteiger partial charge in [0.15, 0.2) is 5.82 Å². The lowest BCUT2D eigenvalue weighted by atomic mass is 10.0. The molecule has 1 aliphatic rings. The Bertz CT molecular complexity index is 935. The number of nitrogens with one attached hydrogen (secondary N) is 1. The summed E-state index contributed by atoms with van der Waals surface area (Å²) in [4.78, 5) is 12.3. The number of carbonyl (C=O) groups excluding carboxylic acids is 1. The Hall–Kier alpha value is -2.88. The van der Waals surface area contributed by atoms with Crippen LogP contribution in [0.5, 0.6) is 0 Å². The van der Waals surface area contributed by atoms with Crippen LogP contribution in [0.1, 0.15) is 60.8 Å². The number of hydrogen-bond donors (Lipinski definition) is 1. The molecule has 3 aromatic rings. The second kappa shape index (κ2) is 8.01. The highest BCUT2D eigenvalue weighted by molar-refractivity contribution is 5.91. The first-order valence-corrected chi connectivity index (χ1v) is 10.1. The first kappa shape index (κ1) is 18.5. The van der Waals surface area contributed by atoms with Crippen molar-refractivity contribution in [2.24, 2.45) is 0 Å². The van der Waals surface area contributed by atoms with E-state index in [-0.39, 0.29) is 5.91 Å². The van der Waals surface area contributed by atoms with Crippen molar-refractivity contribution >= 4 is 11.7 Å². The molecule has 144 valence electrons. The summed E-state index contributed by atoms with van der Waals surface area (Å²) in [5.74, 6) is 1.83. The molecule has 0 radical (unpaired) electrons. The molecule has 1 N–H and O–H groups in total. The fourth-order valence-electron chi connectivity index (χ4n) is 3.41. The van der Waals surface area contributed by atoms with Crippen LogP contribution in [0.25, 0.3) is 0 Å². The summed E-state index contributed by atoms with van der Waals surface area (Å²) in [6.07, 6.45) is 4.91. The Kier molecular flexibility index (Phi) is 5.29. The van der Waals surface area contributed by atoms with Gasteiger partial charge in [-0.1, -0.05) is 62.4 Å². The van der Waals surface area contributed by atoms with Gasteiger partial charge < -0.3 is 5.32 Å². The lowest BCUT2D eigenvalue weighted by molar-refractivity contribution is -0.115. The number of aromatic nitrogens is 2. The van der Waals surface area contributed by atoms with E-state index in [1.807, 2.05) is 29.1 Å². The van der Waals surface area contributed by atoms with E-state index in [4.69, 9.17) is 0 Å². The maximum Gasteiger partial charge on any atom is 0.229 e. The van der Waals surface area contributed by atoms with Crippen molar-refractivity contribution in [1.82, 2.24) is 9.78 Å². The normalized spacial score (nSPS) is 13.7. The molecule has 0 bridgehead atoms. The molecule has 4 heteroatoms. The van der Waals surface area contributed by atoms with Gasteiger partial charge in [0.1, 0.15) is 0 Å². The van der Waals surface area contributed by atoms with Gasteiger partial charge in [-0.05, 0) is 46.9 Å². The average molecular weight is 374 g/mol. The zero-order valence-corrected chi connectivity index (χ0v) is 16.6. The Labute approximate surface area is 166 Å². The van der Waals surface area contributed by atoms with Gasteiger partial charge in [0, 0.05) is 12.3 Å². The summed E-state index contributed by atoms with van der Waals surface area (Å²) in [7, 11) is 0. The van der Waals surface area contributed by atoms with Crippen LogP contribution in [0.3, 0.4) is 0 Å². The topological polar surface area (TPSA) is 46.9 Å². The molecule has 0 saturated heterocycles. The molecule has 4 rings (SSSR count). The third-order valence-corrected chi connectivity index (χ3v) is 5.29. The summed E-state index contributed by atoms with van der Waals surface area (Å²) in [6, 6.07) is 18.9. The predicted octanol–water partition coefficient (Wildman–Crippen LogP) is 5.11. The van der Waals surface area contributed by atoms with Gasteiger partial charge in [-0.2, -0.15) is 5.10 Å². The fraction of sp³-hybridized carbons (Fsp3) is 0.333. The first-order chi connectivity index (χ1) is 13.6. The van der Waals surface area contributed by atoms with Crippen LogP contribution >= 0.6 is 0 Å². The minimum Gasteiger partial charge on any atom is -0.309 e. The van der Waals surface area contributed by atoms with Crippen molar-refractivity contribution in [2.45, 2.75) is 51.5 Å². The SMILES string of the molecule is CC(C)c1ccc(CC(=O)Nc2ccn(Cc3ccc(C4CC4)cc3)n2)cc1. The Balaban J connectivity index is 1.31. The molecule has 0 atom stereocenters. The van der Waals surface area contributed by atoms with E-state index in [1.54, 1.807) is 0 Å². The number of hydrogen-bond acceptors (Lipinski definition) is 2. The monoisotopic (exact) mass is 373 g/mol. The average Bonchev–Trinajstić information content (AvgIpc) is 3.44. The predicted molar refractivity (Wildman–Crippen MR) is 113 cm³/mol. The van der Waals surface area contributed by atoms with Gasteiger partial charge >= 0.3 is 0 Å². The van der Waals surface area contributed by atoms with Gasteiger partial charge in [0.25, 0.3) is 0 Å². The van der Waals surface area contributed by atoms with Crippen LogP contribution in [0.15, 0.2) is 60.8 Å². The zero-order valence-electron chi connectivity index (χ0n) is 16.6. The molecule has 1 heterocycles. The quantitative estimate of drug-likeness (QED) is 0.625. The molecule has 1 aliphatic carbocycles. The summed E-state index contributed by atoms with van der Waals surface area (Å²) in [5, 5.41) is 7.37. The molecule has 0 unspecified atom stereocenters. The highest BCUT2D eigenvalue weighted by Gasteiger charge is 2.22. The van der Waals surface area contributed by atoms with Gasteiger partial charge in [0.2, 0.25) is 5.91 Å². The van der Waals surface area contributed by atoms with E-state index in [9.17, 15) is 4.79 Å². The van der Waals surface area contributed by atoms with Crippen LogP contribution in [0, 0.1) is 0 Å². The third kappa shape index (κ3) is 4.69. The maximum absolute atomic E-state index is 12.3. The van der Waals surface area contributed by atoms with E-state index in [0.29, 0.717) is 24.7 Å². The summed E-state index contributed by atoms with van der Waals surface area (Å²) in [5.41, 5.74) is 4.96. The van der Waals surface area contributed by atoms with E-state index in [1.165, 1.54) is 29.5 Å². The van der Waals surface area contributed by atoms with Crippen molar-refractivity contribution < 1.29 is 4.79 Å². The second-order valence-electron chi connectivity index (χ2n) is 8.04. The Morgan fingerprint density at radius 2 is 1.71 bits per heavy atom. The number of anilines is 1. The summed E-state index contributed by atoms with van der Waals surface area (Å²) < 4.78 is 1.86. The lowest BCUT2D eigenvalue weighted by Gasteiger charge is -2.07.